The molecule has 23 heteroatoms. The van der Waals surface area contributed by atoms with Gasteiger partial charge >= 0.3 is 13.3 Å². The Balaban J connectivity index is 0.758. The number of hydrogen-bond donors (Lipinski definition) is 5. The number of carbonyl (C=O) groups is 8. The fourth-order valence-electron chi connectivity index (χ4n) is 10.9. The lowest BCUT2D eigenvalue weighted by atomic mass is 9.84. The van der Waals surface area contributed by atoms with E-state index < -0.39 is 83.9 Å². The molecule has 448 valence electrons. The van der Waals surface area contributed by atoms with E-state index in [1.54, 1.807) is 56.0 Å². The maximum Gasteiger partial charge on any atom is 0.399 e. The molecule has 85 heavy (non-hydrogen) atoms. The van der Waals surface area contributed by atoms with Crippen LogP contribution in [0.2, 0.25) is 0 Å². The first-order chi connectivity index (χ1) is 40.5. The third-order valence-corrected chi connectivity index (χ3v) is 17.7. The zero-order valence-corrected chi connectivity index (χ0v) is 49.0. The van der Waals surface area contributed by atoms with Gasteiger partial charge in [-0.1, -0.05) is 107 Å². The van der Waals surface area contributed by atoms with Gasteiger partial charge in [0, 0.05) is 54.7 Å². The van der Waals surface area contributed by atoms with E-state index in [1.165, 1.54) is 17.0 Å². The van der Waals surface area contributed by atoms with Crippen molar-refractivity contribution < 1.29 is 71.0 Å². The highest BCUT2D eigenvalue weighted by atomic mass is 32.1. The average Bonchev–Trinajstić information content (AvgIpc) is 4.28. The molecule has 4 atom stereocenters. The Morgan fingerprint density at radius 2 is 1.60 bits per heavy atom. The van der Waals surface area contributed by atoms with Crippen molar-refractivity contribution >= 4 is 76.3 Å². The van der Waals surface area contributed by atoms with Crippen molar-refractivity contribution in [2.75, 3.05) is 32.8 Å². The lowest BCUT2D eigenvalue weighted by Gasteiger charge is -2.43. The minimum Gasteiger partial charge on any atom is -0.484 e. The van der Waals surface area contributed by atoms with Gasteiger partial charge in [0.2, 0.25) is 23.6 Å². The number of amides is 8. The Labute approximate surface area is 494 Å². The number of carbonyl (C=O) groups excluding carboxylic acids is 8. The van der Waals surface area contributed by atoms with Crippen LogP contribution in [-0.2, 0) is 51.9 Å². The molecule has 0 bridgehead atoms. The third-order valence-electron chi connectivity index (χ3n) is 15.6. The Hall–Kier alpha value is -7.67. The van der Waals surface area contributed by atoms with Crippen LogP contribution < -0.4 is 20.7 Å². The van der Waals surface area contributed by atoms with Crippen LogP contribution >= 0.6 is 18.9 Å². The molecule has 5 aromatic rings. The number of fused-ring (bicyclic) bond motifs is 3. The molecule has 5 heterocycles. The zero-order chi connectivity index (χ0) is 60.8. The molecule has 4 aliphatic heterocycles. The van der Waals surface area contributed by atoms with Crippen LogP contribution in [0.25, 0.3) is 10.1 Å². The van der Waals surface area contributed by atoms with Crippen LogP contribution in [0.15, 0.2) is 91.0 Å². The summed E-state index contributed by atoms with van der Waals surface area (Å²) < 4.78 is 53.4. The predicted molar refractivity (Wildman–Crippen MR) is 310 cm³/mol. The summed E-state index contributed by atoms with van der Waals surface area (Å²) in [5, 5.41) is 8.11. The zero-order valence-electron chi connectivity index (χ0n) is 47.3. The number of hydrogen-bond acceptors (Lipinski definition) is 12. The summed E-state index contributed by atoms with van der Waals surface area (Å²) in [6, 6.07) is 20.8. The average molecular weight is 1210 g/mol. The molecule has 2 unspecified atom stereocenters. The number of rotatable bonds is 20. The Morgan fingerprint density at radius 3 is 2.33 bits per heavy atom. The van der Waals surface area contributed by atoms with E-state index in [0.717, 1.165) is 84.4 Å². The molecule has 8 amide bonds. The van der Waals surface area contributed by atoms with E-state index in [4.69, 9.17) is 9.47 Å². The van der Waals surface area contributed by atoms with Crippen LogP contribution in [0.3, 0.4) is 0 Å². The summed E-state index contributed by atoms with van der Waals surface area (Å²) in [6.07, 6.45) is 7.13. The number of unbranched alkanes of at least 4 members (excludes halogenated alkanes) is 7. The molecule has 2 saturated heterocycles. The van der Waals surface area contributed by atoms with Crippen molar-refractivity contribution in [3.8, 4) is 17.6 Å². The molecule has 1 aromatic heterocycles. The van der Waals surface area contributed by atoms with Gasteiger partial charge in [0.1, 0.15) is 30.0 Å². The van der Waals surface area contributed by atoms with Gasteiger partial charge in [0.25, 0.3) is 23.6 Å². The van der Waals surface area contributed by atoms with Crippen LogP contribution in [-0.4, -0.2) is 123 Å². The summed E-state index contributed by atoms with van der Waals surface area (Å²) >= 11 is 0.953. The highest BCUT2D eigenvalue weighted by Gasteiger charge is 2.51. The molecule has 19 nitrogen and oxygen atoms in total. The van der Waals surface area contributed by atoms with Gasteiger partial charge in [-0.3, -0.25) is 53.1 Å². The number of imide groups is 2. The molecular weight excluding hydrogens is 1140 g/mol. The van der Waals surface area contributed by atoms with Crippen molar-refractivity contribution in [3.63, 3.8) is 0 Å². The topological polar surface area (TPSA) is 258 Å². The minimum atomic E-state index is -5.86. The summed E-state index contributed by atoms with van der Waals surface area (Å²) in [5.41, 5.74) is -2.95. The van der Waals surface area contributed by atoms with Crippen molar-refractivity contribution in [2.24, 2.45) is 5.41 Å². The lowest BCUT2D eigenvalue weighted by molar-refractivity contribution is -0.153. The van der Waals surface area contributed by atoms with Gasteiger partial charge in [-0.05, 0) is 95.3 Å². The Morgan fingerprint density at radius 1 is 0.871 bits per heavy atom. The molecule has 5 N–H and O–H groups in total. The number of halogens is 2. The molecule has 2 fully saturated rings. The number of nitrogens with zero attached hydrogens (tertiary/aromatic N) is 3. The van der Waals surface area contributed by atoms with Crippen molar-refractivity contribution in [1.82, 2.24) is 30.7 Å². The number of alkyl halides is 2. The smallest absolute Gasteiger partial charge is 0.399 e. The monoisotopic (exact) mass is 1200 g/mol. The van der Waals surface area contributed by atoms with E-state index in [1.807, 2.05) is 36.4 Å². The quantitative estimate of drug-likeness (QED) is 0.0215. The van der Waals surface area contributed by atoms with Gasteiger partial charge < -0.3 is 39.7 Å². The maximum absolute atomic E-state index is 15.1. The number of benzene rings is 4. The summed E-state index contributed by atoms with van der Waals surface area (Å²) in [6.45, 7) is 6.25. The van der Waals surface area contributed by atoms with Gasteiger partial charge in [-0.2, -0.15) is 8.78 Å². The molecule has 0 radical (unpaired) electrons. The number of thiophene rings is 1. The fourth-order valence-corrected chi connectivity index (χ4v) is 12.3. The van der Waals surface area contributed by atoms with Crippen LogP contribution in [0.5, 0.6) is 5.75 Å². The van der Waals surface area contributed by atoms with Gasteiger partial charge in [0.05, 0.1) is 29.2 Å². The molecule has 4 aliphatic rings. The van der Waals surface area contributed by atoms with E-state index in [9.17, 15) is 56.7 Å². The van der Waals surface area contributed by atoms with Crippen LogP contribution in [0.1, 0.15) is 149 Å². The standard InChI is InChI=1S/C62H67F2N6O13PS/c1-61(2,3)54(67-56(74)51-34-41-31-43(21-25-50(41)85-51)62(63,64)84(79,80)81)60(78)69-35-42-32-44(22-20-40(42)33-48(69)59(77)68-28-29-82-49(36-68)39-17-13-11-14-18-39)83-37-53(72)65-27-15-10-8-6-4-5-7-9-12-16-38-19-23-45-46(30-38)58(76)70(57(45)75)47-24-26-52(71)66-55(47)73/h11,13-14,17-23,25,30-32,34,47-49,54H,4-10,15,24,26-29,33,35-37H2,1-3H3,(H,65,72)(H,67,74)(H,66,71,73)(H2,79,80,81)/t47?,48-,49-,54?/m0/s1. The number of piperidine rings is 1. The number of ether oxygens (including phenoxy) is 2. The summed E-state index contributed by atoms with van der Waals surface area (Å²) in [5.74, 6) is 2.51. The van der Waals surface area contributed by atoms with E-state index in [2.05, 4.69) is 27.8 Å². The molecular formula is C62H67F2N6O13PS. The Kier molecular flexibility index (Phi) is 19.1. The summed E-state index contributed by atoms with van der Waals surface area (Å²) in [4.78, 5) is 130. The lowest BCUT2D eigenvalue weighted by Crippen LogP contribution is -2.61. The molecule has 9 rings (SSSR count). The summed E-state index contributed by atoms with van der Waals surface area (Å²) in [7, 11) is -5.86. The van der Waals surface area contributed by atoms with E-state index >= 15 is 4.79 Å². The second kappa shape index (κ2) is 26.3. The van der Waals surface area contributed by atoms with Crippen molar-refractivity contribution in [1.29, 1.82) is 0 Å². The van der Waals surface area contributed by atoms with Crippen LogP contribution in [0, 0.1) is 17.3 Å². The molecule has 0 saturated carbocycles. The minimum absolute atomic E-state index is 0.0434. The van der Waals surface area contributed by atoms with Gasteiger partial charge in [0.15, 0.2) is 6.61 Å². The number of nitrogens with one attached hydrogen (secondary N) is 3. The van der Waals surface area contributed by atoms with Crippen molar-refractivity contribution in [3.05, 3.63) is 135 Å². The van der Waals surface area contributed by atoms with Gasteiger partial charge in [-0.15, -0.1) is 11.3 Å². The maximum atomic E-state index is 15.1. The first-order valence-corrected chi connectivity index (χ1v) is 30.8. The molecule has 4 aromatic carbocycles. The second-order valence-corrected chi connectivity index (χ2v) is 25.5. The molecule has 0 aliphatic carbocycles. The van der Waals surface area contributed by atoms with Crippen LogP contribution in [0.4, 0.5) is 8.78 Å². The van der Waals surface area contributed by atoms with E-state index in [0.29, 0.717) is 34.5 Å². The second-order valence-electron chi connectivity index (χ2n) is 22.8. The molecule has 0 spiro atoms. The number of morpholine rings is 1. The van der Waals surface area contributed by atoms with Gasteiger partial charge in [-0.25, -0.2) is 0 Å². The first kappa shape index (κ1) is 61.9. The Bertz CT molecular complexity index is 3540. The normalized spacial score (nSPS) is 18.5. The SMILES string of the molecule is CC(C)(C)C(NC(=O)c1cc2cc(C(F)(F)P(=O)(O)O)ccc2s1)C(=O)N1Cc2cc(OCC(=O)NCCCCCCCCCC#Cc3ccc4c(c3)C(=O)N(C3CCC(=O)NC3=O)C4=O)ccc2C[C@H]1C(=O)N1CCO[C@H](c2ccccc2)C1. The first-order valence-electron chi connectivity index (χ1n) is 28.4. The predicted octanol–water partition coefficient (Wildman–Crippen LogP) is 7.90. The van der Waals surface area contributed by atoms with Crippen molar-refractivity contribution in [2.45, 2.75) is 128 Å². The van der Waals surface area contributed by atoms with E-state index in [-0.39, 0.29) is 85.3 Å². The highest BCUT2D eigenvalue weighted by Crippen LogP contribution is 2.59. The fraction of sp³-hybridized carbons (Fsp3) is 0.419. The third kappa shape index (κ3) is 14.4. The largest absolute Gasteiger partial charge is 0.484 e. The highest BCUT2D eigenvalue weighted by molar-refractivity contribution is 7.52.